The smallest absolute Gasteiger partial charge is 0.266 e. The Labute approximate surface area is 159 Å². The number of thioether (sulfide) groups is 1. The van der Waals surface area contributed by atoms with Crippen molar-refractivity contribution in [1.29, 1.82) is 0 Å². The third-order valence-electron chi connectivity index (χ3n) is 3.75. The maximum atomic E-state index is 13.1. The zero-order chi connectivity index (χ0) is 18.7. The van der Waals surface area contributed by atoms with E-state index in [0.717, 1.165) is 0 Å². The number of nitrogens with zero attached hydrogens (tertiary/aromatic N) is 2. The number of para-hydroxylation sites is 1. The fraction of sp³-hybridized carbons (Fsp3) is 0.167. The van der Waals surface area contributed by atoms with E-state index in [9.17, 15) is 9.59 Å². The highest BCUT2D eigenvalue weighted by atomic mass is 35.5. The first kappa shape index (κ1) is 18.3. The Morgan fingerprint density at radius 3 is 2.77 bits per heavy atom. The molecular formula is C18H16ClN3O3S. The van der Waals surface area contributed by atoms with Gasteiger partial charge in [0, 0.05) is 7.05 Å². The van der Waals surface area contributed by atoms with E-state index in [1.165, 1.54) is 23.4 Å². The second-order valence-corrected chi connectivity index (χ2v) is 6.68. The number of nitrogens with one attached hydrogen (secondary N) is 1. The highest BCUT2D eigenvalue weighted by Gasteiger charge is 2.15. The summed E-state index contributed by atoms with van der Waals surface area (Å²) in [5.74, 6) is 0.499. The Balaban J connectivity index is 2.20. The molecule has 0 saturated heterocycles. The van der Waals surface area contributed by atoms with Crippen LogP contribution >= 0.6 is 23.4 Å². The summed E-state index contributed by atoms with van der Waals surface area (Å²) in [7, 11) is 3.09. The van der Waals surface area contributed by atoms with Gasteiger partial charge in [-0.15, -0.1) is 0 Å². The number of amides is 1. The molecule has 2 aromatic carbocycles. The number of aromatic nitrogens is 2. The average molecular weight is 390 g/mol. The molecule has 0 aliphatic carbocycles. The summed E-state index contributed by atoms with van der Waals surface area (Å²) in [4.78, 5) is 29.3. The van der Waals surface area contributed by atoms with Gasteiger partial charge in [-0.05, 0) is 30.3 Å². The van der Waals surface area contributed by atoms with Crippen LogP contribution in [0.5, 0.6) is 5.75 Å². The molecule has 0 unspecified atom stereocenters. The van der Waals surface area contributed by atoms with Crippen molar-refractivity contribution in [2.45, 2.75) is 5.16 Å². The topological polar surface area (TPSA) is 73.2 Å². The molecular weight excluding hydrogens is 374 g/mol. The summed E-state index contributed by atoms with van der Waals surface area (Å²) < 4.78 is 6.63. The SMILES string of the molecule is CNC(=O)CSc1nc2ccccc2c(=O)n1-c1ccc(OC)c(Cl)c1. The van der Waals surface area contributed by atoms with E-state index in [4.69, 9.17) is 16.3 Å². The lowest BCUT2D eigenvalue weighted by atomic mass is 10.2. The van der Waals surface area contributed by atoms with E-state index in [0.29, 0.717) is 32.5 Å². The van der Waals surface area contributed by atoms with Crippen molar-refractivity contribution in [3.8, 4) is 11.4 Å². The number of benzene rings is 2. The van der Waals surface area contributed by atoms with Crippen molar-refractivity contribution in [3.63, 3.8) is 0 Å². The molecule has 8 heteroatoms. The Kier molecular flexibility index (Phi) is 5.49. The van der Waals surface area contributed by atoms with Crippen LogP contribution in [0.1, 0.15) is 0 Å². The summed E-state index contributed by atoms with van der Waals surface area (Å²) in [6, 6.07) is 12.2. The van der Waals surface area contributed by atoms with E-state index in [1.54, 1.807) is 43.4 Å². The fourth-order valence-electron chi connectivity index (χ4n) is 2.43. The number of carbonyl (C=O) groups excluding carboxylic acids is 1. The number of carbonyl (C=O) groups is 1. The molecule has 134 valence electrons. The van der Waals surface area contributed by atoms with E-state index >= 15 is 0 Å². The summed E-state index contributed by atoms with van der Waals surface area (Å²) in [5.41, 5.74) is 0.905. The number of fused-ring (bicyclic) bond motifs is 1. The van der Waals surface area contributed by atoms with Gasteiger partial charge in [0.2, 0.25) is 5.91 Å². The third-order valence-corrected chi connectivity index (χ3v) is 4.98. The number of hydrogen-bond acceptors (Lipinski definition) is 5. The van der Waals surface area contributed by atoms with Gasteiger partial charge in [-0.2, -0.15) is 0 Å². The number of hydrogen-bond donors (Lipinski definition) is 1. The zero-order valence-electron chi connectivity index (χ0n) is 14.2. The summed E-state index contributed by atoms with van der Waals surface area (Å²) in [6.45, 7) is 0. The maximum absolute atomic E-state index is 13.1. The van der Waals surface area contributed by atoms with E-state index in [2.05, 4.69) is 10.3 Å². The predicted molar refractivity (Wildman–Crippen MR) is 104 cm³/mol. The number of halogens is 1. The predicted octanol–water partition coefficient (Wildman–Crippen LogP) is 2.89. The molecule has 1 N–H and O–H groups in total. The molecule has 0 aliphatic heterocycles. The van der Waals surface area contributed by atoms with Gasteiger partial charge < -0.3 is 10.1 Å². The van der Waals surface area contributed by atoms with Gasteiger partial charge in [0.1, 0.15) is 5.75 Å². The molecule has 26 heavy (non-hydrogen) atoms. The normalized spacial score (nSPS) is 10.7. The minimum absolute atomic E-state index is 0.144. The molecule has 3 aromatic rings. The maximum Gasteiger partial charge on any atom is 0.266 e. The first-order valence-corrected chi connectivity index (χ1v) is 9.10. The first-order valence-electron chi connectivity index (χ1n) is 7.74. The molecule has 0 radical (unpaired) electrons. The lowest BCUT2D eigenvalue weighted by Gasteiger charge is -2.14. The van der Waals surface area contributed by atoms with Gasteiger partial charge in [-0.3, -0.25) is 14.2 Å². The van der Waals surface area contributed by atoms with Crippen LogP contribution in [0.25, 0.3) is 16.6 Å². The van der Waals surface area contributed by atoms with Crippen molar-refractivity contribution in [2.75, 3.05) is 19.9 Å². The van der Waals surface area contributed by atoms with E-state index in [1.807, 2.05) is 6.07 Å². The van der Waals surface area contributed by atoms with Crippen LogP contribution in [0.2, 0.25) is 5.02 Å². The molecule has 0 fully saturated rings. The molecule has 0 saturated carbocycles. The summed E-state index contributed by atoms with van der Waals surface area (Å²) in [5, 5.41) is 3.84. The second kappa shape index (κ2) is 7.80. The van der Waals surface area contributed by atoms with Crippen LogP contribution in [0.4, 0.5) is 0 Å². The molecule has 3 rings (SSSR count). The van der Waals surface area contributed by atoms with Gasteiger partial charge in [-0.1, -0.05) is 35.5 Å². The second-order valence-electron chi connectivity index (χ2n) is 5.33. The number of rotatable bonds is 5. The molecule has 0 atom stereocenters. The van der Waals surface area contributed by atoms with Crippen molar-refractivity contribution in [1.82, 2.24) is 14.9 Å². The van der Waals surface area contributed by atoms with Crippen LogP contribution in [0, 0.1) is 0 Å². The standard InChI is InChI=1S/C18H16ClN3O3S/c1-20-16(23)10-26-18-21-14-6-4-3-5-12(14)17(24)22(18)11-7-8-15(25-2)13(19)9-11/h3-9H,10H2,1-2H3,(H,20,23). The number of methoxy groups -OCH3 is 1. The van der Waals surface area contributed by atoms with Crippen LogP contribution in [0.15, 0.2) is 52.4 Å². The van der Waals surface area contributed by atoms with Gasteiger partial charge in [0.25, 0.3) is 5.56 Å². The minimum Gasteiger partial charge on any atom is -0.495 e. The highest BCUT2D eigenvalue weighted by molar-refractivity contribution is 7.99. The van der Waals surface area contributed by atoms with Crippen LogP contribution in [0.3, 0.4) is 0 Å². The van der Waals surface area contributed by atoms with Crippen molar-refractivity contribution in [3.05, 3.63) is 57.8 Å². The van der Waals surface area contributed by atoms with E-state index < -0.39 is 0 Å². The van der Waals surface area contributed by atoms with Crippen molar-refractivity contribution >= 4 is 40.2 Å². The van der Waals surface area contributed by atoms with Gasteiger partial charge >= 0.3 is 0 Å². The Morgan fingerprint density at radius 1 is 1.31 bits per heavy atom. The summed E-state index contributed by atoms with van der Waals surface area (Å²) in [6.07, 6.45) is 0. The Bertz CT molecular complexity index is 1040. The molecule has 0 aliphatic rings. The van der Waals surface area contributed by atoms with Gasteiger partial charge in [-0.25, -0.2) is 4.98 Å². The highest BCUT2D eigenvalue weighted by Crippen LogP contribution is 2.28. The Hall–Kier alpha value is -2.51. The molecule has 6 nitrogen and oxygen atoms in total. The molecule has 1 aromatic heterocycles. The zero-order valence-corrected chi connectivity index (χ0v) is 15.7. The van der Waals surface area contributed by atoms with Crippen LogP contribution in [-0.4, -0.2) is 35.4 Å². The molecule has 1 amide bonds. The van der Waals surface area contributed by atoms with Crippen LogP contribution < -0.4 is 15.6 Å². The van der Waals surface area contributed by atoms with Gasteiger partial charge in [0.15, 0.2) is 5.16 Å². The molecule has 1 heterocycles. The van der Waals surface area contributed by atoms with Crippen LogP contribution in [-0.2, 0) is 4.79 Å². The molecule has 0 bridgehead atoms. The third kappa shape index (κ3) is 3.54. The van der Waals surface area contributed by atoms with Gasteiger partial charge in [0.05, 0.1) is 34.5 Å². The van der Waals surface area contributed by atoms with E-state index in [-0.39, 0.29) is 17.2 Å². The monoisotopic (exact) mass is 389 g/mol. The lowest BCUT2D eigenvalue weighted by Crippen LogP contribution is -2.24. The molecule has 0 spiro atoms. The lowest BCUT2D eigenvalue weighted by molar-refractivity contribution is -0.118. The van der Waals surface area contributed by atoms with Crippen molar-refractivity contribution in [2.24, 2.45) is 0 Å². The Morgan fingerprint density at radius 2 is 2.08 bits per heavy atom. The average Bonchev–Trinajstić information content (AvgIpc) is 2.66. The van der Waals surface area contributed by atoms with Crippen molar-refractivity contribution < 1.29 is 9.53 Å². The summed E-state index contributed by atoms with van der Waals surface area (Å²) >= 11 is 7.41. The largest absolute Gasteiger partial charge is 0.495 e. The quantitative estimate of drug-likeness (QED) is 0.536. The fourth-order valence-corrected chi connectivity index (χ4v) is 3.57. The first-order chi connectivity index (χ1) is 12.5. The number of ether oxygens (including phenoxy) is 1. The minimum atomic E-state index is -0.226.